The highest BCUT2D eigenvalue weighted by atomic mass is 79.9. The average Bonchev–Trinajstić information content (AvgIpc) is 2.47. The molecular formula is C15H16BrN3O2. The molecular weight excluding hydrogens is 334 g/mol. The molecule has 5 nitrogen and oxygen atoms in total. The lowest BCUT2D eigenvalue weighted by molar-refractivity contribution is 0.171. The molecule has 0 aliphatic carbocycles. The summed E-state index contributed by atoms with van der Waals surface area (Å²) < 4.78 is 11.9. The average molecular weight is 350 g/mol. The van der Waals surface area contributed by atoms with Crippen LogP contribution < -0.4 is 14.8 Å². The van der Waals surface area contributed by atoms with Gasteiger partial charge in [-0.1, -0.05) is 6.92 Å². The molecule has 0 unspecified atom stereocenters. The van der Waals surface area contributed by atoms with Crippen LogP contribution in [-0.2, 0) is 6.42 Å². The Morgan fingerprint density at radius 2 is 1.95 bits per heavy atom. The van der Waals surface area contributed by atoms with Gasteiger partial charge in [0, 0.05) is 24.2 Å². The first-order valence-corrected chi connectivity index (χ1v) is 7.74. The normalized spacial score (nSPS) is 13.0. The van der Waals surface area contributed by atoms with Gasteiger partial charge in [0.15, 0.2) is 11.5 Å². The number of fused-ring (bicyclic) bond motifs is 1. The molecule has 2 heterocycles. The van der Waals surface area contributed by atoms with E-state index in [9.17, 15) is 0 Å². The van der Waals surface area contributed by atoms with Crippen LogP contribution in [0.1, 0.15) is 19.2 Å². The highest BCUT2D eigenvalue weighted by molar-refractivity contribution is 9.10. The van der Waals surface area contributed by atoms with Crippen LogP contribution in [0.5, 0.6) is 11.5 Å². The van der Waals surface area contributed by atoms with Crippen LogP contribution in [0.25, 0.3) is 0 Å². The minimum absolute atomic E-state index is 0.580. The van der Waals surface area contributed by atoms with Crippen molar-refractivity contribution in [2.75, 3.05) is 18.5 Å². The summed E-state index contributed by atoms with van der Waals surface area (Å²) in [6.07, 6.45) is 1.87. The van der Waals surface area contributed by atoms with Crippen molar-refractivity contribution in [3.8, 4) is 11.5 Å². The van der Waals surface area contributed by atoms with E-state index in [2.05, 4.69) is 38.1 Å². The third-order valence-corrected chi connectivity index (χ3v) is 3.44. The Bertz CT molecular complexity index is 649. The van der Waals surface area contributed by atoms with E-state index in [1.807, 2.05) is 24.3 Å². The van der Waals surface area contributed by atoms with Gasteiger partial charge in [0.1, 0.15) is 29.5 Å². The summed E-state index contributed by atoms with van der Waals surface area (Å²) >= 11 is 3.42. The van der Waals surface area contributed by atoms with Crippen LogP contribution in [0.4, 0.5) is 11.5 Å². The number of anilines is 2. The maximum atomic E-state index is 5.58. The molecule has 1 aliphatic heterocycles. The van der Waals surface area contributed by atoms with Crippen LogP contribution in [-0.4, -0.2) is 23.2 Å². The molecule has 0 fully saturated rings. The fourth-order valence-electron chi connectivity index (χ4n) is 2.13. The number of hydrogen-bond acceptors (Lipinski definition) is 5. The van der Waals surface area contributed by atoms with Crippen LogP contribution >= 0.6 is 15.9 Å². The third kappa shape index (κ3) is 3.44. The highest BCUT2D eigenvalue weighted by Crippen LogP contribution is 2.33. The van der Waals surface area contributed by atoms with Crippen LogP contribution in [0.15, 0.2) is 28.9 Å². The zero-order chi connectivity index (χ0) is 14.7. The Hall–Kier alpha value is -1.82. The molecule has 21 heavy (non-hydrogen) atoms. The molecule has 0 saturated heterocycles. The number of aryl methyl sites for hydroxylation is 1. The molecule has 1 aromatic carbocycles. The number of rotatable bonds is 4. The molecule has 0 spiro atoms. The van der Waals surface area contributed by atoms with Gasteiger partial charge >= 0.3 is 0 Å². The molecule has 1 aromatic heterocycles. The van der Waals surface area contributed by atoms with E-state index >= 15 is 0 Å². The number of nitrogens with one attached hydrogen (secondary N) is 1. The fourth-order valence-corrected chi connectivity index (χ4v) is 2.55. The second kappa shape index (κ2) is 6.30. The summed E-state index contributed by atoms with van der Waals surface area (Å²) in [5.74, 6) is 3.12. The van der Waals surface area contributed by atoms with Crippen LogP contribution in [0, 0.1) is 0 Å². The molecule has 0 saturated carbocycles. The van der Waals surface area contributed by atoms with Gasteiger partial charge in [-0.05, 0) is 34.5 Å². The molecule has 3 rings (SSSR count). The van der Waals surface area contributed by atoms with Crippen molar-refractivity contribution in [1.29, 1.82) is 0 Å². The predicted molar refractivity (Wildman–Crippen MR) is 84.4 cm³/mol. The summed E-state index contributed by atoms with van der Waals surface area (Å²) in [7, 11) is 0. The van der Waals surface area contributed by atoms with Crippen molar-refractivity contribution in [1.82, 2.24) is 9.97 Å². The summed E-state index contributed by atoms with van der Waals surface area (Å²) in [6.45, 7) is 3.29. The lowest BCUT2D eigenvalue weighted by Crippen LogP contribution is -2.15. The van der Waals surface area contributed by atoms with Crippen molar-refractivity contribution < 1.29 is 9.47 Å². The maximum Gasteiger partial charge on any atom is 0.163 e. The summed E-state index contributed by atoms with van der Waals surface area (Å²) in [5.41, 5.74) is 0.910. The molecule has 0 atom stereocenters. The standard InChI is InChI=1S/C15H16BrN3O2/c1-2-3-14-18-13(16)9-15(19-14)17-10-4-5-11-12(8-10)21-7-6-20-11/h4-5,8-9H,2-3,6-7H2,1H3,(H,17,18,19). The molecule has 1 aliphatic rings. The van der Waals surface area contributed by atoms with Gasteiger partial charge in [-0.3, -0.25) is 0 Å². The summed E-state index contributed by atoms with van der Waals surface area (Å²) in [5, 5.41) is 3.28. The quantitative estimate of drug-likeness (QED) is 0.852. The monoisotopic (exact) mass is 349 g/mol. The van der Waals surface area contributed by atoms with Crippen molar-refractivity contribution >= 4 is 27.4 Å². The SMILES string of the molecule is CCCc1nc(Br)cc(Nc2ccc3c(c2)OCCO3)n1. The molecule has 1 N–H and O–H groups in total. The highest BCUT2D eigenvalue weighted by Gasteiger charge is 2.12. The Labute approximate surface area is 131 Å². The first kappa shape index (κ1) is 14.1. The van der Waals surface area contributed by atoms with Gasteiger partial charge in [-0.15, -0.1) is 0 Å². The number of benzene rings is 1. The zero-order valence-corrected chi connectivity index (χ0v) is 13.3. The molecule has 0 bridgehead atoms. The van der Waals surface area contributed by atoms with Gasteiger partial charge in [-0.25, -0.2) is 9.97 Å². The molecule has 0 amide bonds. The minimum Gasteiger partial charge on any atom is -0.486 e. The van der Waals surface area contributed by atoms with E-state index in [0.717, 1.165) is 46.3 Å². The first-order chi connectivity index (χ1) is 10.2. The summed E-state index contributed by atoms with van der Waals surface area (Å²) in [6, 6.07) is 7.63. The Morgan fingerprint density at radius 1 is 1.14 bits per heavy atom. The fraction of sp³-hybridized carbons (Fsp3) is 0.333. The number of hydrogen-bond donors (Lipinski definition) is 1. The van der Waals surface area contributed by atoms with E-state index in [1.54, 1.807) is 0 Å². The number of nitrogens with zero attached hydrogens (tertiary/aromatic N) is 2. The number of halogens is 1. The Balaban J connectivity index is 1.83. The van der Waals surface area contributed by atoms with E-state index < -0.39 is 0 Å². The van der Waals surface area contributed by atoms with Crippen LogP contribution in [0.3, 0.4) is 0 Å². The van der Waals surface area contributed by atoms with Crippen molar-refractivity contribution in [3.63, 3.8) is 0 Å². The molecule has 0 radical (unpaired) electrons. The smallest absolute Gasteiger partial charge is 0.163 e. The largest absolute Gasteiger partial charge is 0.486 e. The van der Waals surface area contributed by atoms with Crippen molar-refractivity contribution in [2.24, 2.45) is 0 Å². The van der Waals surface area contributed by atoms with Crippen molar-refractivity contribution in [3.05, 3.63) is 34.7 Å². The summed E-state index contributed by atoms with van der Waals surface area (Å²) in [4.78, 5) is 8.86. The van der Waals surface area contributed by atoms with Gasteiger partial charge in [-0.2, -0.15) is 0 Å². The van der Waals surface area contributed by atoms with Gasteiger partial charge in [0.05, 0.1) is 0 Å². The Morgan fingerprint density at radius 3 is 2.76 bits per heavy atom. The van der Waals surface area contributed by atoms with E-state index in [0.29, 0.717) is 13.2 Å². The lowest BCUT2D eigenvalue weighted by atomic mass is 10.2. The first-order valence-electron chi connectivity index (χ1n) is 6.95. The molecule has 110 valence electrons. The van der Waals surface area contributed by atoms with Gasteiger partial charge in [0.2, 0.25) is 0 Å². The van der Waals surface area contributed by atoms with E-state index in [-0.39, 0.29) is 0 Å². The topological polar surface area (TPSA) is 56.3 Å². The van der Waals surface area contributed by atoms with Gasteiger partial charge in [0.25, 0.3) is 0 Å². The maximum absolute atomic E-state index is 5.58. The third-order valence-electron chi connectivity index (χ3n) is 3.03. The predicted octanol–water partition coefficient (Wildman–Crippen LogP) is 3.71. The second-order valence-electron chi connectivity index (χ2n) is 4.73. The van der Waals surface area contributed by atoms with E-state index in [4.69, 9.17) is 9.47 Å². The van der Waals surface area contributed by atoms with Crippen LogP contribution in [0.2, 0.25) is 0 Å². The zero-order valence-electron chi connectivity index (χ0n) is 11.7. The van der Waals surface area contributed by atoms with Gasteiger partial charge < -0.3 is 14.8 Å². The minimum atomic E-state index is 0.580. The Kier molecular flexibility index (Phi) is 4.24. The number of ether oxygens (including phenoxy) is 2. The molecule has 6 heteroatoms. The van der Waals surface area contributed by atoms with Crippen molar-refractivity contribution in [2.45, 2.75) is 19.8 Å². The number of aromatic nitrogens is 2. The second-order valence-corrected chi connectivity index (χ2v) is 5.54. The molecule has 2 aromatic rings. The lowest BCUT2D eigenvalue weighted by Gasteiger charge is -2.19. The van der Waals surface area contributed by atoms with E-state index in [1.165, 1.54) is 0 Å².